The molecule has 0 amide bonds. The maximum atomic E-state index is 14.1. The van der Waals surface area contributed by atoms with E-state index in [-0.39, 0.29) is 29.8 Å². The molecule has 0 radical (unpaired) electrons. The third-order valence-electron chi connectivity index (χ3n) is 4.69. The summed E-state index contributed by atoms with van der Waals surface area (Å²) in [6.07, 6.45) is -0.779. The normalized spacial score (nSPS) is 43.4. The van der Waals surface area contributed by atoms with Gasteiger partial charge in [-0.1, -0.05) is 41.5 Å². The molecule has 0 bridgehead atoms. The third kappa shape index (κ3) is 3.29. The molecule has 7 atom stereocenters. The van der Waals surface area contributed by atoms with Crippen molar-refractivity contribution in [1.82, 2.24) is 0 Å². The van der Waals surface area contributed by atoms with Crippen LogP contribution in [-0.4, -0.2) is 24.6 Å². The number of rotatable bonds is 2. The molecule has 0 N–H and O–H groups in total. The zero-order chi connectivity index (χ0) is 14.7. The summed E-state index contributed by atoms with van der Waals surface area (Å²) in [6, 6.07) is 0. The van der Waals surface area contributed by atoms with E-state index in [0.717, 1.165) is 12.8 Å². The Kier molecular flexibility index (Phi) is 6.22. The van der Waals surface area contributed by atoms with Crippen molar-refractivity contribution in [3.05, 3.63) is 0 Å². The molecule has 1 saturated carbocycles. The number of hydrogen-bond donors (Lipinski definition) is 0. The molecule has 7 unspecified atom stereocenters. The minimum Gasteiger partial charge on any atom is -0.368 e. The number of hydrogen-bond acceptors (Lipinski definition) is 1. The summed E-state index contributed by atoms with van der Waals surface area (Å²) in [5, 5.41) is 0. The highest BCUT2D eigenvalue weighted by Gasteiger charge is 2.51. The quantitative estimate of drug-likeness (QED) is 0.704. The van der Waals surface area contributed by atoms with Crippen LogP contribution in [-0.2, 0) is 4.74 Å². The molecule has 0 aromatic heterocycles. The summed E-state index contributed by atoms with van der Waals surface area (Å²) in [6.45, 7) is 11.7. The first-order chi connectivity index (χ1) is 8.93. The van der Waals surface area contributed by atoms with E-state index in [2.05, 4.69) is 0 Å². The van der Waals surface area contributed by atoms with Crippen molar-refractivity contribution >= 4 is 0 Å². The predicted octanol–water partition coefficient (Wildman–Crippen LogP) is 4.79. The molecule has 0 aromatic carbocycles. The van der Waals surface area contributed by atoms with Crippen LogP contribution < -0.4 is 0 Å². The Morgan fingerprint density at radius 3 is 2.21 bits per heavy atom. The molecule has 2 aliphatic rings. The second-order valence-electron chi connectivity index (χ2n) is 6.28. The fraction of sp³-hybridized carbons (Fsp3) is 1.00. The number of ether oxygens (including phenoxy) is 1. The molecule has 1 saturated heterocycles. The molecule has 19 heavy (non-hydrogen) atoms. The van der Waals surface area contributed by atoms with Crippen molar-refractivity contribution in [2.75, 3.05) is 0 Å². The van der Waals surface area contributed by atoms with E-state index >= 15 is 0 Å². The first kappa shape index (κ1) is 16.9. The van der Waals surface area contributed by atoms with Crippen LogP contribution in [0.4, 0.5) is 8.78 Å². The average molecular weight is 276 g/mol. The second kappa shape index (κ2) is 7.01. The zero-order valence-corrected chi connectivity index (χ0v) is 13.2. The molecule has 2 fully saturated rings. The molecule has 3 heteroatoms. The minimum atomic E-state index is -0.974. The summed E-state index contributed by atoms with van der Waals surface area (Å²) in [4.78, 5) is 0. The third-order valence-corrected chi connectivity index (χ3v) is 4.69. The van der Waals surface area contributed by atoms with Gasteiger partial charge in [-0.05, 0) is 36.5 Å². The van der Waals surface area contributed by atoms with Crippen molar-refractivity contribution in [2.24, 2.45) is 23.7 Å². The van der Waals surface area contributed by atoms with Crippen LogP contribution in [0.5, 0.6) is 0 Å². The molecular weight excluding hydrogens is 246 g/mol. The van der Waals surface area contributed by atoms with Gasteiger partial charge in [-0.2, -0.15) is 0 Å². The van der Waals surface area contributed by atoms with Crippen molar-refractivity contribution in [3.63, 3.8) is 0 Å². The van der Waals surface area contributed by atoms with Crippen LogP contribution in [0.15, 0.2) is 0 Å². The van der Waals surface area contributed by atoms with E-state index in [9.17, 15) is 8.78 Å². The lowest BCUT2D eigenvalue weighted by atomic mass is 9.74. The van der Waals surface area contributed by atoms with Gasteiger partial charge in [0.15, 0.2) is 0 Å². The molecule has 0 spiro atoms. The summed E-state index contributed by atoms with van der Waals surface area (Å²) in [5.74, 6) is 0.351. The summed E-state index contributed by atoms with van der Waals surface area (Å²) in [5.41, 5.74) is 0. The van der Waals surface area contributed by atoms with Crippen molar-refractivity contribution in [2.45, 2.75) is 78.9 Å². The van der Waals surface area contributed by atoms with E-state index in [1.165, 1.54) is 0 Å². The van der Waals surface area contributed by atoms with Crippen molar-refractivity contribution in [3.8, 4) is 0 Å². The summed E-state index contributed by atoms with van der Waals surface area (Å²) < 4.78 is 33.9. The Labute approximate surface area is 117 Å². The maximum absolute atomic E-state index is 14.1. The molecule has 114 valence electrons. The molecule has 0 aromatic rings. The highest BCUT2D eigenvalue weighted by Crippen LogP contribution is 2.46. The standard InChI is InChI=1S/C14H24F2O.C2H6/c1-7(2)11(15)13-9(4)10-6-5-8(3)12(16)14(10)17-13;1-2/h7-14H,5-6H2,1-4H3;1-2H3. The van der Waals surface area contributed by atoms with E-state index < -0.39 is 18.4 Å². The first-order valence-electron chi connectivity index (χ1n) is 7.87. The van der Waals surface area contributed by atoms with Gasteiger partial charge < -0.3 is 4.74 Å². The fourth-order valence-electron chi connectivity index (χ4n) is 3.37. The Balaban J connectivity index is 0.000000861. The molecule has 1 heterocycles. The fourth-order valence-corrected chi connectivity index (χ4v) is 3.37. The lowest BCUT2D eigenvalue weighted by Gasteiger charge is -2.33. The lowest BCUT2D eigenvalue weighted by molar-refractivity contribution is -0.0757. The van der Waals surface area contributed by atoms with Gasteiger partial charge in [0, 0.05) is 0 Å². The summed E-state index contributed by atoms with van der Waals surface area (Å²) >= 11 is 0. The number of fused-ring (bicyclic) bond motifs is 1. The van der Waals surface area contributed by atoms with Crippen LogP contribution in [0, 0.1) is 23.7 Å². The SMILES string of the molecule is CC.CC(C)C(F)C1OC2C(F)C(C)CCC2C1C. The van der Waals surface area contributed by atoms with E-state index in [4.69, 9.17) is 4.74 Å². The zero-order valence-electron chi connectivity index (χ0n) is 13.2. The Morgan fingerprint density at radius 1 is 1.11 bits per heavy atom. The maximum Gasteiger partial charge on any atom is 0.129 e. The Hall–Kier alpha value is -0.180. The molecular formula is C16H30F2O. The van der Waals surface area contributed by atoms with Gasteiger partial charge in [0.25, 0.3) is 0 Å². The lowest BCUT2D eigenvalue weighted by Crippen LogP contribution is -2.38. The van der Waals surface area contributed by atoms with Gasteiger partial charge in [0.05, 0.1) is 12.2 Å². The molecule has 1 aliphatic heterocycles. The Morgan fingerprint density at radius 2 is 1.68 bits per heavy atom. The minimum absolute atomic E-state index is 0.0549. The summed E-state index contributed by atoms with van der Waals surface area (Å²) in [7, 11) is 0. The van der Waals surface area contributed by atoms with Crippen molar-refractivity contribution < 1.29 is 13.5 Å². The molecule has 1 aliphatic carbocycles. The topological polar surface area (TPSA) is 9.23 Å². The number of halogens is 2. The van der Waals surface area contributed by atoms with Gasteiger partial charge in [-0.15, -0.1) is 0 Å². The van der Waals surface area contributed by atoms with Crippen LogP contribution in [0.2, 0.25) is 0 Å². The van der Waals surface area contributed by atoms with Gasteiger partial charge >= 0.3 is 0 Å². The second-order valence-corrected chi connectivity index (χ2v) is 6.28. The largest absolute Gasteiger partial charge is 0.368 e. The molecule has 1 nitrogen and oxygen atoms in total. The average Bonchev–Trinajstić information content (AvgIpc) is 2.73. The van der Waals surface area contributed by atoms with E-state index in [0.29, 0.717) is 0 Å². The Bertz CT molecular complexity index is 269. The predicted molar refractivity (Wildman–Crippen MR) is 75.7 cm³/mol. The monoisotopic (exact) mass is 276 g/mol. The van der Waals surface area contributed by atoms with Crippen LogP contribution in [0.25, 0.3) is 0 Å². The first-order valence-corrected chi connectivity index (χ1v) is 7.87. The van der Waals surface area contributed by atoms with E-state index in [1.807, 2.05) is 41.5 Å². The molecule has 2 rings (SSSR count). The van der Waals surface area contributed by atoms with Gasteiger partial charge in [0.2, 0.25) is 0 Å². The van der Waals surface area contributed by atoms with Gasteiger partial charge in [-0.3, -0.25) is 0 Å². The van der Waals surface area contributed by atoms with Gasteiger partial charge in [-0.25, -0.2) is 8.78 Å². The number of alkyl halides is 2. The van der Waals surface area contributed by atoms with E-state index in [1.54, 1.807) is 0 Å². The smallest absolute Gasteiger partial charge is 0.129 e. The van der Waals surface area contributed by atoms with Crippen molar-refractivity contribution in [1.29, 1.82) is 0 Å². The van der Waals surface area contributed by atoms with Gasteiger partial charge in [0.1, 0.15) is 12.3 Å². The highest BCUT2D eigenvalue weighted by molar-refractivity contribution is 4.99. The highest BCUT2D eigenvalue weighted by atomic mass is 19.1. The van der Waals surface area contributed by atoms with Crippen LogP contribution in [0.3, 0.4) is 0 Å². The van der Waals surface area contributed by atoms with Crippen LogP contribution >= 0.6 is 0 Å². The van der Waals surface area contributed by atoms with Crippen LogP contribution in [0.1, 0.15) is 54.4 Å².